The van der Waals surface area contributed by atoms with Crippen molar-refractivity contribution in [3.8, 4) is 5.75 Å². The highest BCUT2D eigenvalue weighted by Crippen LogP contribution is 2.40. The second-order valence-electron chi connectivity index (χ2n) is 3.41. The minimum absolute atomic E-state index is 0.174. The fraction of sp³-hybridized carbons (Fsp3) is 0.400. The topological polar surface area (TPSA) is 29.5 Å². The van der Waals surface area contributed by atoms with Crippen LogP contribution >= 0.6 is 11.6 Å². The maximum absolute atomic E-state index is 9.72. The number of hydrogen-bond acceptors (Lipinski definition) is 2. The molecule has 3 heteroatoms. The van der Waals surface area contributed by atoms with Crippen molar-refractivity contribution in [1.29, 1.82) is 0 Å². The molecule has 0 radical (unpaired) electrons. The molecule has 0 aromatic heterocycles. The molecule has 0 saturated heterocycles. The van der Waals surface area contributed by atoms with E-state index in [0.29, 0.717) is 5.02 Å². The fourth-order valence-electron chi connectivity index (χ4n) is 1.64. The van der Waals surface area contributed by atoms with Gasteiger partial charge in [-0.25, -0.2) is 0 Å². The fourth-order valence-corrected chi connectivity index (χ4v) is 1.92. The van der Waals surface area contributed by atoms with Crippen molar-refractivity contribution in [2.24, 2.45) is 0 Å². The van der Waals surface area contributed by atoms with Crippen LogP contribution in [0.25, 0.3) is 0 Å². The van der Waals surface area contributed by atoms with Gasteiger partial charge in [0.25, 0.3) is 0 Å². The summed E-state index contributed by atoms with van der Waals surface area (Å²) in [7, 11) is 0. The maximum Gasteiger partial charge on any atom is 0.128 e. The van der Waals surface area contributed by atoms with Gasteiger partial charge in [-0.1, -0.05) is 11.6 Å². The van der Waals surface area contributed by atoms with Gasteiger partial charge in [0.1, 0.15) is 18.0 Å². The molecule has 0 amide bonds. The van der Waals surface area contributed by atoms with E-state index < -0.39 is 6.10 Å². The second-order valence-corrected chi connectivity index (χ2v) is 3.85. The first-order valence-electron chi connectivity index (χ1n) is 4.24. The van der Waals surface area contributed by atoms with Crippen molar-refractivity contribution in [3.63, 3.8) is 0 Å². The summed E-state index contributed by atoms with van der Waals surface area (Å²) in [4.78, 5) is 0. The normalized spacial score (nSPS) is 25.5. The number of ether oxygens (including phenoxy) is 1. The van der Waals surface area contributed by atoms with E-state index in [1.54, 1.807) is 6.07 Å². The first-order valence-corrected chi connectivity index (χ1v) is 4.62. The molecule has 1 N–H and O–H groups in total. The molecule has 1 aromatic carbocycles. The average molecular weight is 199 g/mol. The number of hydrogen-bond donors (Lipinski definition) is 1. The molecule has 2 unspecified atom stereocenters. The lowest BCUT2D eigenvalue weighted by Gasteiger charge is -2.06. The third kappa shape index (κ3) is 1.30. The number of rotatable bonds is 0. The van der Waals surface area contributed by atoms with E-state index in [-0.39, 0.29) is 6.10 Å². The molecule has 13 heavy (non-hydrogen) atoms. The lowest BCUT2D eigenvalue weighted by molar-refractivity contribution is 0.0794. The zero-order chi connectivity index (χ0) is 9.59. The van der Waals surface area contributed by atoms with Crippen LogP contribution in [0.3, 0.4) is 0 Å². The summed E-state index contributed by atoms with van der Waals surface area (Å²) in [6, 6.07) is 3.60. The van der Waals surface area contributed by atoms with Crippen LogP contribution in [0, 0.1) is 6.92 Å². The zero-order valence-corrected chi connectivity index (χ0v) is 8.30. The number of aliphatic hydroxyl groups excluding tert-OH is 1. The molecule has 1 aliphatic heterocycles. The van der Waals surface area contributed by atoms with Crippen LogP contribution < -0.4 is 4.74 Å². The van der Waals surface area contributed by atoms with Gasteiger partial charge in [0.2, 0.25) is 0 Å². The first kappa shape index (κ1) is 8.85. The largest absolute Gasteiger partial charge is 0.487 e. The summed E-state index contributed by atoms with van der Waals surface area (Å²) in [5.41, 5.74) is 1.78. The lowest BCUT2D eigenvalue weighted by Crippen LogP contribution is -2.12. The van der Waals surface area contributed by atoms with E-state index in [0.717, 1.165) is 16.9 Å². The maximum atomic E-state index is 9.72. The molecule has 0 bridgehead atoms. The number of fused-ring (bicyclic) bond motifs is 1. The molecule has 70 valence electrons. The van der Waals surface area contributed by atoms with Crippen molar-refractivity contribution in [1.82, 2.24) is 0 Å². The Balaban J connectivity index is 2.57. The van der Waals surface area contributed by atoms with Gasteiger partial charge in [0.05, 0.1) is 0 Å². The Morgan fingerprint density at radius 3 is 2.85 bits per heavy atom. The van der Waals surface area contributed by atoms with Crippen molar-refractivity contribution in [3.05, 3.63) is 28.3 Å². The molecular weight excluding hydrogens is 188 g/mol. The Hall–Kier alpha value is -0.730. The Labute approximate surface area is 82.1 Å². The van der Waals surface area contributed by atoms with Crippen LogP contribution in [0.1, 0.15) is 24.2 Å². The lowest BCUT2D eigenvalue weighted by atomic mass is 10.1. The third-order valence-corrected chi connectivity index (χ3v) is 2.55. The Kier molecular flexibility index (Phi) is 1.97. The third-order valence-electron chi connectivity index (χ3n) is 2.34. The molecule has 0 fully saturated rings. The second kappa shape index (κ2) is 2.89. The SMILES string of the molecule is Cc1cc(Cl)cc2c1OC(C)C2O. The van der Waals surface area contributed by atoms with E-state index in [4.69, 9.17) is 16.3 Å². The molecular formula is C10H11ClO2. The van der Waals surface area contributed by atoms with E-state index in [2.05, 4.69) is 0 Å². The number of aryl methyl sites for hydroxylation is 1. The molecule has 2 rings (SSSR count). The molecule has 0 saturated carbocycles. The monoisotopic (exact) mass is 198 g/mol. The Bertz CT molecular complexity index is 349. The van der Waals surface area contributed by atoms with E-state index >= 15 is 0 Å². The van der Waals surface area contributed by atoms with Gasteiger partial charge >= 0.3 is 0 Å². The summed E-state index contributed by atoms with van der Waals surface area (Å²) >= 11 is 5.87. The summed E-state index contributed by atoms with van der Waals surface area (Å²) < 4.78 is 5.50. The zero-order valence-electron chi connectivity index (χ0n) is 7.54. The summed E-state index contributed by atoms with van der Waals surface area (Å²) in [5, 5.41) is 10.4. The minimum Gasteiger partial charge on any atom is -0.487 e. The minimum atomic E-state index is -0.549. The van der Waals surface area contributed by atoms with Crippen LogP contribution in [-0.4, -0.2) is 11.2 Å². The van der Waals surface area contributed by atoms with E-state index in [9.17, 15) is 5.11 Å². The quantitative estimate of drug-likeness (QED) is 0.694. The van der Waals surface area contributed by atoms with Crippen LogP contribution in [0.5, 0.6) is 5.75 Å². The standard InChI is InChI=1S/C10H11ClO2/c1-5-3-7(11)4-8-9(12)6(2)13-10(5)8/h3-4,6,9,12H,1-2H3. The van der Waals surface area contributed by atoms with Gasteiger partial charge in [-0.2, -0.15) is 0 Å². The highest BCUT2D eigenvalue weighted by Gasteiger charge is 2.30. The van der Waals surface area contributed by atoms with Crippen LogP contribution in [0.2, 0.25) is 5.02 Å². The van der Waals surface area contributed by atoms with Crippen molar-refractivity contribution in [2.75, 3.05) is 0 Å². The highest BCUT2D eigenvalue weighted by molar-refractivity contribution is 6.30. The number of halogens is 1. The van der Waals surface area contributed by atoms with E-state index in [1.807, 2.05) is 19.9 Å². The predicted octanol–water partition coefficient (Wildman–Crippen LogP) is 2.46. The van der Waals surface area contributed by atoms with Crippen LogP contribution in [-0.2, 0) is 0 Å². The van der Waals surface area contributed by atoms with E-state index in [1.165, 1.54) is 0 Å². The molecule has 0 spiro atoms. The highest BCUT2D eigenvalue weighted by atomic mass is 35.5. The molecule has 0 aliphatic carbocycles. The Morgan fingerprint density at radius 2 is 2.15 bits per heavy atom. The molecule has 1 heterocycles. The van der Waals surface area contributed by atoms with Gasteiger partial charge in [0.15, 0.2) is 0 Å². The van der Waals surface area contributed by atoms with Gasteiger partial charge in [-0.15, -0.1) is 0 Å². The average Bonchev–Trinajstić information content (AvgIpc) is 2.32. The van der Waals surface area contributed by atoms with Crippen molar-refractivity contribution >= 4 is 11.6 Å². The summed E-state index contributed by atoms with van der Waals surface area (Å²) in [6.07, 6.45) is -0.723. The molecule has 2 atom stereocenters. The van der Waals surface area contributed by atoms with Gasteiger partial charge < -0.3 is 9.84 Å². The number of aliphatic hydroxyl groups is 1. The van der Waals surface area contributed by atoms with Gasteiger partial charge in [0, 0.05) is 10.6 Å². The summed E-state index contributed by atoms with van der Waals surface area (Å²) in [6.45, 7) is 3.77. The molecule has 1 aliphatic rings. The van der Waals surface area contributed by atoms with Crippen molar-refractivity contribution in [2.45, 2.75) is 26.1 Å². The van der Waals surface area contributed by atoms with Crippen LogP contribution in [0.4, 0.5) is 0 Å². The first-order chi connectivity index (χ1) is 6.09. The van der Waals surface area contributed by atoms with Gasteiger partial charge in [-0.05, 0) is 31.5 Å². The molecule has 1 aromatic rings. The Morgan fingerprint density at radius 1 is 1.46 bits per heavy atom. The predicted molar refractivity (Wildman–Crippen MR) is 51.2 cm³/mol. The van der Waals surface area contributed by atoms with Crippen LogP contribution in [0.15, 0.2) is 12.1 Å². The van der Waals surface area contributed by atoms with Crippen molar-refractivity contribution < 1.29 is 9.84 Å². The smallest absolute Gasteiger partial charge is 0.128 e. The molecule has 2 nitrogen and oxygen atoms in total. The number of benzene rings is 1. The summed E-state index contributed by atoms with van der Waals surface area (Å²) in [5.74, 6) is 0.782. The van der Waals surface area contributed by atoms with Gasteiger partial charge in [-0.3, -0.25) is 0 Å².